The number of hydrogen-bond acceptors (Lipinski definition) is 30. The van der Waals surface area contributed by atoms with Gasteiger partial charge in [-0.3, -0.25) is 42.5 Å². The number of ether oxygens (including phenoxy) is 3. The van der Waals surface area contributed by atoms with Crippen molar-refractivity contribution in [2.75, 3.05) is 72.0 Å². The van der Waals surface area contributed by atoms with E-state index in [1.165, 1.54) is 37.0 Å². The average Bonchev–Trinajstić information content (AvgIpc) is 1.61. The molecule has 3 aliphatic heterocycles. The number of aromatic nitrogens is 9. The summed E-state index contributed by atoms with van der Waals surface area (Å²) in [5.74, 6) is 0. The van der Waals surface area contributed by atoms with Gasteiger partial charge in [-0.05, 0) is 73.5 Å². The number of hydrogen-bond donors (Lipinski definition) is 14. The van der Waals surface area contributed by atoms with Crippen molar-refractivity contribution >= 4 is 80.2 Å². The van der Waals surface area contributed by atoms with Gasteiger partial charge in [0.2, 0.25) is 7.37 Å². The first-order valence-corrected chi connectivity index (χ1v) is 42.4. The minimum absolute atomic E-state index is 0.0107. The fraction of sp³-hybridized carbons (Fsp3) is 0.672. The van der Waals surface area contributed by atoms with E-state index >= 15 is 0 Å². The number of amides is 1. The predicted molar refractivity (Wildman–Crippen MR) is 368 cm³/mol. The number of aliphatic hydroxyl groups excluding tert-OH is 6. The van der Waals surface area contributed by atoms with E-state index in [2.05, 4.69) is 98.1 Å². The van der Waals surface area contributed by atoms with E-state index in [4.69, 9.17) is 36.7 Å². The average molecular weight is 1570 g/mol. The van der Waals surface area contributed by atoms with Crippen molar-refractivity contribution in [3.63, 3.8) is 0 Å². The van der Waals surface area contributed by atoms with Crippen molar-refractivity contribution in [3.05, 3.63) is 85.3 Å². The molecule has 0 radical (unpaired) electrons. The molecule has 3 aliphatic rings. The number of aromatic amines is 6. The number of nitrogens with zero attached hydrogens (tertiary/aromatic N) is 4. The number of alkyl halides is 3. The lowest BCUT2D eigenvalue weighted by molar-refractivity contribution is -0.0532. The smallest absolute Gasteiger partial charge is 0.444 e. The molecule has 9 rings (SSSR count). The van der Waals surface area contributed by atoms with Crippen LogP contribution in [0.15, 0.2) is 52.0 Å². The minimum Gasteiger partial charge on any atom is -0.444 e. The highest BCUT2D eigenvalue weighted by Crippen LogP contribution is 2.51. The second-order valence-electron chi connectivity index (χ2n) is 26.0. The molecule has 103 heavy (non-hydrogen) atoms. The van der Waals surface area contributed by atoms with Gasteiger partial charge in [0.1, 0.15) is 101 Å². The van der Waals surface area contributed by atoms with Gasteiger partial charge >= 0.3 is 36.9 Å². The molecular formula is C58H94F3N12O25P3SSi. The first-order chi connectivity index (χ1) is 47.9. The van der Waals surface area contributed by atoms with Crippen molar-refractivity contribution in [1.29, 1.82) is 0 Å². The molecule has 0 aromatic carbocycles. The maximum absolute atomic E-state index is 13.3. The molecule has 582 valence electrons. The number of aliphatic hydroxyl groups is 6. The highest BCUT2D eigenvalue weighted by atomic mass is 32.2. The number of likely N-dealkylation sites (tertiary alicyclic amines) is 1. The highest BCUT2D eigenvalue weighted by molar-refractivity contribution is 7.87. The Morgan fingerprint density at radius 2 is 1.03 bits per heavy atom. The SMILES string of the molecule is CC(C)(C)OC(=O)N1[C@H](CO[Si](C)(C)C(C)(C)C)[C@@H](O)[C@@H](O)[C@@H]1c1c[nH]c2c(=O)[nH]cnc12.CCOP(=O)(CO[C@@H]1[C@H](O)[C@@H](O)N[C@H]1c1c[nH]c2c(=O)[nH]cnc12)OCC.CCOP(=O)(CO[C@H]1[C@@H](O)[C@H](c2c[nH]c3c(=O)[nH]cnc23)N[C@@H]1CO)OCC.CCOP(C)(=O)COS(=O)(=O)C(F)(F)F. The maximum Gasteiger partial charge on any atom is 0.523 e. The second-order valence-corrected chi connectivity index (χ2v) is 39.0. The third kappa shape index (κ3) is 21.2. The molecule has 0 spiro atoms. The summed E-state index contributed by atoms with van der Waals surface area (Å²) < 4.78 is 145. The van der Waals surface area contributed by atoms with E-state index in [-0.39, 0.29) is 90.9 Å². The van der Waals surface area contributed by atoms with Gasteiger partial charge in [-0.25, -0.2) is 19.7 Å². The predicted octanol–water partition coefficient (Wildman–Crippen LogP) is 4.82. The van der Waals surface area contributed by atoms with E-state index in [0.29, 0.717) is 33.2 Å². The Balaban J connectivity index is 0.000000222. The van der Waals surface area contributed by atoms with E-state index < -0.39 is 144 Å². The van der Waals surface area contributed by atoms with Crippen LogP contribution in [0.5, 0.6) is 0 Å². The maximum atomic E-state index is 13.3. The normalized spacial score (nSPS) is 24.2. The fourth-order valence-corrected chi connectivity index (χ4v) is 16.6. The monoisotopic (exact) mass is 1570 g/mol. The zero-order valence-corrected chi connectivity index (χ0v) is 63.6. The van der Waals surface area contributed by atoms with Crippen LogP contribution in [0.25, 0.3) is 33.1 Å². The van der Waals surface area contributed by atoms with Gasteiger partial charge < -0.3 is 107 Å². The van der Waals surface area contributed by atoms with Crippen LogP contribution in [0.2, 0.25) is 18.1 Å². The van der Waals surface area contributed by atoms with Gasteiger partial charge in [0.05, 0.1) is 95.4 Å². The topological polar surface area (TPSA) is 528 Å². The van der Waals surface area contributed by atoms with Gasteiger partial charge in [-0.15, -0.1) is 0 Å². The quantitative estimate of drug-likeness (QED) is 0.0150. The Morgan fingerprint density at radius 3 is 1.45 bits per heavy atom. The summed E-state index contributed by atoms with van der Waals surface area (Å²) in [5.41, 5.74) is -3.97. The zero-order chi connectivity index (χ0) is 77.2. The lowest BCUT2D eigenvalue weighted by atomic mass is 10.0. The molecule has 0 saturated carbocycles. The van der Waals surface area contributed by atoms with Gasteiger partial charge in [0, 0.05) is 41.9 Å². The third-order valence-electron chi connectivity index (χ3n) is 16.5. The molecule has 0 bridgehead atoms. The molecule has 0 aliphatic carbocycles. The van der Waals surface area contributed by atoms with Crippen molar-refractivity contribution in [1.82, 2.24) is 60.4 Å². The van der Waals surface area contributed by atoms with E-state index in [1.807, 2.05) is 0 Å². The minimum atomic E-state index is -5.70. The zero-order valence-electron chi connectivity index (χ0n) is 59.1. The summed E-state index contributed by atoms with van der Waals surface area (Å²) in [5, 5.41) is 68.7. The molecule has 9 heterocycles. The van der Waals surface area contributed by atoms with Crippen molar-refractivity contribution in [3.8, 4) is 0 Å². The van der Waals surface area contributed by atoms with Crippen molar-refractivity contribution in [2.24, 2.45) is 0 Å². The number of carbonyl (C=O) groups excluding carboxylic acids is 1. The molecule has 45 heteroatoms. The van der Waals surface area contributed by atoms with Gasteiger partial charge in [-0.2, -0.15) is 21.6 Å². The van der Waals surface area contributed by atoms with Crippen LogP contribution in [0.3, 0.4) is 0 Å². The van der Waals surface area contributed by atoms with E-state index in [0.717, 1.165) is 6.66 Å². The van der Waals surface area contributed by atoms with Crippen LogP contribution in [-0.4, -0.2) is 241 Å². The first kappa shape index (κ1) is 86.4. The number of H-pyrrole nitrogens is 6. The summed E-state index contributed by atoms with van der Waals surface area (Å²) >= 11 is 0. The molecule has 3 saturated heterocycles. The van der Waals surface area contributed by atoms with Crippen molar-refractivity contribution < 1.29 is 116 Å². The Kier molecular flexibility index (Phi) is 29.8. The van der Waals surface area contributed by atoms with E-state index in [1.54, 1.807) is 60.9 Å². The molecule has 6 aromatic heterocycles. The first-order valence-electron chi connectivity index (χ1n) is 32.4. The molecule has 1 amide bonds. The number of halogens is 3. The Bertz CT molecular complexity index is 4230. The van der Waals surface area contributed by atoms with Gasteiger partial charge in [0.25, 0.3) is 16.7 Å². The van der Waals surface area contributed by atoms with Crippen LogP contribution < -0.4 is 27.3 Å². The van der Waals surface area contributed by atoms with Crippen LogP contribution >= 0.6 is 22.6 Å². The number of rotatable bonds is 26. The van der Waals surface area contributed by atoms with Crippen LogP contribution in [0, 0.1) is 0 Å². The number of fused-ring (bicyclic) bond motifs is 3. The summed E-state index contributed by atoms with van der Waals surface area (Å²) in [7, 11) is -18.3. The lowest BCUT2D eigenvalue weighted by Gasteiger charge is -2.39. The van der Waals surface area contributed by atoms with Crippen molar-refractivity contribution in [2.45, 2.75) is 178 Å². The molecule has 37 nitrogen and oxygen atoms in total. The molecule has 13 atom stereocenters. The number of nitrogens with one attached hydrogen (secondary N) is 8. The third-order valence-corrected chi connectivity index (χ3v) is 27.1. The summed E-state index contributed by atoms with van der Waals surface area (Å²) in [6, 6.07) is -3.80. The Hall–Kier alpha value is -5.50. The Morgan fingerprint density at radius 1 is 0.602 bits per heavy atom. The van der Waals surface area contributed by atoms with Crippen LogP contribution in [-0.2, 0) is 69.3 Å². The summed E-state index contributed by atoms with van der Waals surface area (Å²) in [6.45, 7) is 25.3. The molecule has 3 fully saturated rings. The number of carbonyl (C=O) groups is 1. The molecular weight excluding hydrogens is 1470 g/mol. The van der Waals surface area contributed by atoms with E-state index in [9.17, 15) is 85.1 Å². The molecule has 6 aromatic rings. The van der Waals surface area contributed by atoms with Crippen LogP contribution in [0.4, 0.5) is 18.0 Å². The fourth-order valence-electron chi connectivity index (χ4n) is 10.8. The second kappa shape index (κ2) is 35.5. The van der Waals surface area contributed by atoms with Gasteiger partial charge in [-0.1, -0.05) is 20.8 Å². The largest absolute Gasteiger partial charge is 0.523 e. The Labute approximate surface area is 590 Å². The molecule has 14 N–H and O–H groups in total. The van der Waals surface area contributed by atoms with Crippen LogP contribution in [0.1, 0.15) is 111 Å². The van der Waals surface area contributed by atoms with Gasteiger partial charge in [0.15, 0.2) is 8.32 Å². The standard InChI is InChI=1S/C22H36N4O6Si.C16H25N4O7P.C15H23N4O7P.C5H10F3O5PS/c1-21(2,3)32-20(30)26-13(10-31-33(7,8)22(4,5)6)17(27)18(28)16(26)12-9-23-15-14(12)24-11-25-19(15)29;1-3-26-28(24,27-4-2)8-25-15-10(6-21)20-12(14(15)22)9-5-17-13-11(9)18-7-19-16(13)23;1-3-25-27(23,26-4-2)7-24-13-10(19-15(22)12(13)20)8-5-16-11-9(8)17-6-18-14(11)21;1-3-12-14(2,9)4-13-15(10,11)5(6,7)8/h9,11,13,16-18,23,27-28H,10H2,1-8H3,(H,24,25,29);5,7,10,12,14-15,17,20-22H,3-4,6,8H2,1-2H3,(H,18,19,23);5-6,10,12-13,15-16,19-20,22H,3-4,7H2,1-2H3,(H,17,18,21);3-4H2,1-2H3/t13-,16+,17-,18+;10-,12+,14+,15-;10-,12-,13-,15+;/m110./s1. The molecule has 1 unspecified atom stereocenters. The summed E-state index contributed by atoms with van der Waals surface area (Å²) in [6.07, 6.45) is -2.18. The lowest BCUT2D eigenvalue weighted by Crippen LogP contribution is -2.49. The summed E-state index contributed by atoms with van der Waals surface area (Å²) in [4.78, 5) is 79.1. The highest BCUT2D eigenvalue weighted by Gasteiger charge is 2.55.